The van der Waals surface area contributed by atoms with Crippen molar-refractivity contribution in [3.63, 3.8) is 0 Å². The van der Waals surface area contributed by atoms with Gasteiger partial charge in [0, 0.05) is 17.9 Å². The van der Waals surface area contributed by atoms with E-state index in [9.17, 15) is 0 Å². The largest absolute Gasteiger partial charge is 0.395 e. The van der Waals surface area contributed by atoms with E-state index in [0.717, 1.165) is 23.8 Å². The maximum Gasteiger partial charge on any atom is 0.223 e. The predicted octanol–water partition coefficient (Wildman–Crippen LogP) is 1.35. The first-order chi connectivity index (χ1) is 7.65. The van der Waals surface area contributed by atoms with E-state index >= 15 is 0 Å². The zero-order chi connectivity index (χ0) is 12.0. The van der Waals surface area contributed by atoms with E-state index in [2.05, 4.69) is 22.2 Å². The summed E-state index contributed by atoms with van der Waals surface area (Å²) >= 11 is 1.48. The standard InChI is InChI=1S/C10H18N4OS/c1-3-4-12-8-5-9(14-10(11)13-8)16-7(2)6-15/h5,7,15H,3-4,6H2,1-2H3,(H3,11,12,13,14). The Hall–Kier alpha value is -1.01. The van der Waals surface area contributed by atoms with Gasteiger partial charge in [-0.05, 0) is 6.42 Å². The predicted molar refractivity (Wildman–Crippen MR) is 67.6 cm³/mol. The molecule has 0 aliphatic carbocycles. The molecule has 1 unspecified atom stereocenters. The highest BCUT2D eigenvalue weighted by Gasteiger charge is 2.07. The molecular weight excluding hydrogens is 224 g/mol. The number of hydrogen-bond donors (Lipinski definition) is 3. The number of aromatic nitrogens is 2. The van der Waals surface area contributed by atoms with E-state index in [1.165, 1.54) is 11.8 Å². The Morgan fingerprint density at radius 1 is 1.56 bits per heavy atom. The van der Waals surface area contributed by atoms with Gasteiger partial charge < -0.3 is 16.2 Å². The molecule has 0 saturated heterocycles. The second-order valence-electron chi connectivity index (χ2n) is 3.49. The Morgan fingerprint density at radius 2 is 2.31 bits per heavy atom. The van der Waals surface area contributed by atoms with Crippen LogP contribution in [0.15, 0.2) is 11.1 Å². The van der Waals surface area contributed by atoms with Crippen molar-refractivity contribution in [2.45, 2.75) is 30.5 Å². The minimum absolute atomic E-state index is 0.105. The zero-order valence-electron chi connectivity index (χ0n) is 9.60. The molecule has 4 N–H and O–H groups in total. The van der Waals surface area contributed by atoms with E-state index in [4.69, 9.17) is 10.8 Å². The van der Waals surface area contributed by atoms with Crippen LogP contribution in [0.5, 0.6) is 0 Å². The molecule has 0 aliphatic heterocycles. The molecule has 6 heteroatoms. The average Bonchev–Trinajstić information content (AvgIpc) is 2.25. The van der Waals surface area contributed by atoms with Gasteiger partial charge >= 0.3 is 0 Å². The van der Waals surface area contributed by atoms with Crippen LogP contribution in [0.4, 0.5) is 11.8 Å². The van der Waals surface area contributed by atoms with E-state index in [1.807, 2.05) is 13.0 Å². The van der Waals surface area contributed by atoms with Crippen LogP contribution in [0.1, 0.15) is 20.3 Å². The Balaban J connectivity index is 2.73. The number of anilines is 2. The molecule has 0 radical (unpaired) electrons. The molecule has 0 amide bonds. The fraction of sp³-hybridized carbons (Fsp3) is 0.600. The van der Waals surface area contributed by atoms with Gasteiger partial charge in [-0.3, -0.25) is 0 Å². The van der Waals surface area contributed by atoms with Crippen LogP contribution in [0.25, 0.3) is 0 Å². The van der Waals surface area contributed by atoms with Crippen molar-refractivity contribution < 1.29 is 5.11 Å². The lowest BCUT2D eigenvalue weighted by atomic mass is 10.4. The van der Waals surface area contributed by atoms with Gasteiger partial charge in [0.2, 0.25) is 5.95 Å². The summed E-state index contributed by atoms with van der Waals surface area (Å²) in [5.41, 5.74) is 5.61. The number of nitrogens with zero attached hydrogens (tertiary/aromatic N) is 2. The van der Waals surface area contributed by atoms with Gasteiger partial charge in [0.15, 0.2) is 0 Å². The Kier molecular flexibility index (Phi) is 5.34. The van der Waals surface area contributed by atoms with Crippen molar-refractivity contribution in [1.82, 2.24) is 9.97 Å². The second kappa shape index (κ2) is 6.55. The van der Waals surface area contributed by atoms with Crippen molar-refractivity contribution in [2.24, 2.45) is 0 Å². The first-order valence-corrected chi connectivity index (χ1v) is 6.19. The summed E-state index contributed by atoms with van der Waals surface area (Å²) in [6, 6.07) is 1.85. The molecule has 1 rings (SSSR count). The summed E-state index contributed by atoms with van der Waals surface area (Å²) in [5.74, 6) is 0.996. The molecule has 0 spiro atoms. The fourth-order valence-corrected chi connectivity index (χ4v) is 1.90. The number of nitrogen functional groups attached to an aromatic ring is 1. The number of nitrogens with one attached hydrogen (secondary N) is 1. The summed E-state index contributed by atoms with van der Waals surface area (Å²) in [6.45, 7) is 4.99. The highest BCUT2D eigenvalue weighted by Crippen LogP contribution is 2.23. The Labute approximate surface area is 99.9 Å². The van der Waals surface area contributed by atoms with E-state index < -0.39 is 0 Å². The molecule has 0 fully saturated rings. The lowest BCUT2D eigenvalue weighted by molar-refractivity contribution is 0.300. The summed E-state index contributed by atoms with van der Waals surface area (Å²) in [7, 11) is 0. The van der Waals surface area contributed by atoms with Crippen molar-refractivity contribution in [3.05, 3.63) is 6.07 Å². The number of nitrogens with two attached hydrogens (primary N) is 1. The molecule has 90 valence electrons. The smallest absolute Gasteiger partial charge is 0.223 e. The monoisotopic (exact) mass is 242 g/mol. The van der Waals surface area contributed by atoms with Crippen LogP contribution in [0, 0.1) is 0 Å². The third-order valence-corrected chi connectivity index (χ3v) is 2.86. The van der Waals surface area contributed by atoms with Gasteiger partial charge in [-0.1, -0.05) is 13.8 Å². The Morgan fingerprint density at radius 3 is 2.94 bits per heavy atom. The molecule has 5 nitrogen and oxygen atoms in total. The number of thioether (sulfide) groups is 1. The minimum atomic E-state index is 0.105. The van der Waals surface area contributed by atoms with Crippen LogP contribution >= 0.6 is 11.8 Å². The molecule has 0 saturated carbocycles. The minimum Gasteiger partial charge on any atom is -0.395 e. The van der Waals surface area contributed by atoms with Gasteiger partial charge in [-0.25, -0.2) is 4.98 Å². The topological polar surface area (TPSA) is 84.1 Å². The fourth-order valence-electron chi connectivity index (χ4n) is 1.09. The molecule has 0 bridgehead atoms. The normalized spacial score (nSPS) is 12.4. The number of aliphatic hydroxyl groups is 1. The van der Waals surface area contributed by atoms with Crippen molar-refractivity contribution in [1.29, 1.82) is 0 Å². The van der Waals surface area contributed by atoms with E-state index in [0.29, 0.717) is 0 Å². The second-order valence-corrected chi connectivity index (χ2v) is 4.95. The SMILES string of the molecule is CCCNc1cc(SC(C)CO)nc(N)n1. The Bertz CT molecular complexity index is 335. The van der Waals surface area contributed by atoms with Gasteiger partial charge in [0.05, 0.1) is 6.61 Å². The van der Waals surface area contributed by atoms with Crippen LogP contribution in [0.3, 0.4) is 0 Å². The van der Waals surface area contributed by atoms with E-state index in [1.54, 1.807) is 0 Å². The van der Waals surface area contributed by atoms with Crippen molar-refractivity contribution in [2.75, 3.05) is 24.2 Å². The molecule has 1 aromatic heterocycles. The van der Waals surface area contributed by atoms with Crippen LogP contribution in [-0.2, 0) is 0 Å². The van der Waals surface area contributed by atoms with Crippen LogP contribution in [-0.4, -0.2) is 33.5 Å². The maximum absolute atomic E-state index is 8.97. The average molecular weight is 242 g/mol. The van der Waals surface area contributed by atoms with Gasteiger partial charge in [0.1, 0.15) is 10.8 Å². The summed E-state index contributed by atoms with van der Waals surface area (Å²) in [5, 5.41) is 13.0. The van der Waals surface area contributed by atoms with Gasteiger partial charge in [-0.15, -0.1) is 11.8 Å². The maximum atomic E-state index is 8.97. The van der Waals surface area contributed by atoms with Gasteiger partial charge in [-0.2, -0.15) is 4.98 Å². The third kappa shape index (κ3) is 4.24. The number of hydrogen-bond acceptors (Lipinski definition) is 6. The first kappa shape index (κ1) is 13.1. The van der Waals surface area contributed by atoms with Crippen LogP contribution in [0.2, 0.25) is 0 Å². The van der Waals surface area contributed by atoms with Crippen molar-refractivity contribution >= 4 is 23.5 Å². The molecular formula is C10H18N4OS. The zero-order valence-corrected chi connectivity index (χ0v) is 10.4. The molecule has 1 heterocycles. The summed E-state index contributed by atoms with van der Waals surface area (Å²) in [6.07, 6.45) is 1.03. The van der Waals surface area contributed by atoms with Gasteiger partial charge in [0.25, 0.3) is 0 Å². The molecule has 1 atom stereocenters. The van der Waals surface area contributed by atoms with Crippen LogP contribution < -0.4 is 11.1 Å². The highest BCUT2D eigenvalue weighted by molar-refractivity contribution is 7.99. The summed E-state index contributed by atoms with van der Waals surface area (Å²) < 4.78 is 0. The summed E-state index contributed by atoms with van der Waals surface area (Å²) in [4.78, 5) is 8.19. The number of rotatable bonds is 6. The highest BCUT2D eigenvalue weighted by atomic mass is 32.2. The van der Waals surface area contributed by atoms with Crippen molar-refractivity contribution in [3.8, 4) is 0 Å². The lowest BCUT2D eigenvalue weighted by Crippen LogP contribution is -2.07. The van der Waals surface area contributed by atoms with E-state index in [-0.39, 0.29) is 17.8 Å². The third-order valence-electron chi connectivity index (χ3n) is 1.86. The molecule has 0 aromatic carbocycles. The lowest BCUT2D eigenvalue weighted by Gasteiger charge is -2.09. The quantitative estimate of drug-likeness (QED) is 0.516. The first-order valence-electron chi connectivity index (χ1n) is 5.31. The molecule has 16 heavy (non-hydrogen) atoms. The molecule has 1 aromatic rings. The molecule has 0 aliphatic rings. The number of aliphatic hydroxyl groups excluding tert-OH is 1.